The lowest BCUT2D eigenvalue weighted by molar-refractivity contribution is -0.140. The van der Waals surface area contributed by atoms with Gasteiger partial charge in [-0.3, -0.25) is 9.59 Å². The van der Waals surface area contributed by atoms with Crippen LogP contribution in [-0.4, -0.2) is 58.9 Å². The number of hydrogen-bond acceptors (Lipinski definition) is 6. The van der Waals surface area contributed by atoms with E-state index in [1.165, 1.54) is 11.3 Å². The molecule has 1 aliphatic rings. The number of amides is 1. The number of hydrogen-bond donors (Lipinski definition) is 1. The number of likely N-dealkylation sites (tertiary alicyclic amines) is 1. The number of aliphatic hydroxyl groups excluding tert-OH is 1. The highest BCUT2D eigenvalue weighted by molar-refractivity contribution is 7.10. The first-order valence-electron chi connectivity index (χ1n) is 11.1. The number of Topliss-reactive ketones (excluding diaryl/α,β-unsaturated/α-hetero) is 1. The molecule has 2 heterocycles. The maximum atomic E-state index is 13.1. The highest BCUT2D eigenvalue weighted by Gasteiger charge is 2.46. The molecule has 1 N–H and O–H groups in total. The summed E-state index contributed by atoms with van der Waals surface area (Å²) >= 11 is 1.50. The fourth-order valence-electron chi connectivity index (χ4n) is 3.98. The minimum absolute atomic E-state index is 0.0215. The largest absolute Gasteiger partial charge is 0.507 e. The van der Waals surface area contributed by atoms with Crippen molar-refractivity contribution >= 4 is 28.8 Å². The topological polar surface area (TPSA) is 70.1 Å². The van der Waals surface area contributed by atoms with Crippen molar-refractivity contribution in [3.05, 3.63) is 57.3 Å². The third-order valence-electron chi connectivity index (χ3n) is 5.72. The highest BCUT2D eigenvalue weighted by Crippen LogP contribution is 2.42. The first kappa shape index (κ1) is 24.0. The van der Waals surface area contributed by atoms with Crippen LogP contribution in [-0.2, 0) is 9.59 Å². The lowest BCUT2D eigenvalue weighted by atomic mass is 9.98. The fourth-order valence-corrected chi connectivity index (χ4v) is 5.03. The molecule has 0 radical (unpaired) electrons. The van der Waals surface area contributed by atoms with E-state index in [4.69, 9.17) is 4.74 Å². The Morgan fingerprint density at radius 2 is 1.94 bits per heavy atom. The molecule has 0 aliphatic carbocycles. The number of carbonyl (C=O) groups excluding carboxylic acids is 2. The summed E-state index contributed by atoms with van der Waals surface area (Å²) < 4.78 is 5.75. The predicted octanol–water partition coefficient (Wildman–Crippen LogP) is 4.61. The van der Waals surface area contributed by atoms with Crippen LogP contribution in [0.3, 0.4) is 0 Å². The number of thiophene rings is 1. The van der Waals surface area contributed by atoms with Gasteiger partial charge in [-0.1, -0.05) is 26.0 Å². The maximum Gasteiger partial charge on any atom is 0.295 e. The van der Waals surface area contributed by atoms with Crippen LogP contribution in [0.15, 0.2) is 41.3 Å². The van der Waals surface area contributed by atoms with Gasteiger partial charge in [-0.15, -0.1) is 11.3 Å². The normalized spacial score (nSPS) is 18.2. The highest BCUT2D eigenvalue weighted by atomic mass is 32.1. The van der Waals surface area contributed by atoms with Crippen LogP contribution in [0.2, 0.25) is 0 Å². The van der Waals surface area contributed by atoms with Crippen molar-refractivity contribution in [2.24, 2.45) is 0 Å². The molecule has 32 heavy (non-hydrogen) atoms. The molecule has 1 atom stereocenters. The molecular weight excluding hydrogens is 424 g/mol. The molecule has 1 amide bonds. The second kappa shape index (κ2) is 10.3. The zero-order valence-electron chi connectivity index (χ0n) is 19.4. The van der Waals surface area contributed by atoms with E-state index >= 15 is 0 Å². The molecule has 0 saturated carbocycles. The van der Waals surface area contributed by atoms with E-state index in [1.807, 2.05) is 32.2 Å². The molecule has 3 rings (SSSR count). The van der Waals surface area contributed by atoms with Crippen molar-refractivity contribution in [2.75, 3.05) is 26.2 Å². The Labute approximate surface area is 194 Å². The number of ketones is 1. The van der Waals surface area contributed by atoms with Gasteiger partial charge < -0.3 is 19.6 Å². The summed E-state index contributed by atoms with van der Waals surface area (Å²) in [6.45, 7) is 12.8. The van der Waals surface area contributed by atoms with Gasteiger partial charge in [-0.05, 0) is 63.0 Å². The zero-order chi connectivity index (χ0) is 23.4. The van der Waals surface area contributed by atoms with Crippen LogP contribution < -0.4 is 4.74 Å². The third kappa shape index (κ3) is 4.89. The van der Waals surface area contributed by atoms with Crippen LogP contribution in [0, 0.1) is 6.92 Å². The van der Waals surface area contributed by atoms with Crippen molar-refractivity contribution in [3.8, 4) is 5.75 Å². The van der Waals surface area contributed by atoms with E-state index in [-0.39, 0.29) is 17.4 Å². The molecule has 1 aromatic carbocycles. The van der Waals surface area contributed by atoms with Crippen LogP contribution in [0.1, 0.15) is 49.7 Å². The van der Waals surface area contributed by atoms with Crippen molar-refractivity contribution in [1.29, 1.82) is 0 Å². The predicted molar refractivity (Wildman–Crippen MR) is 128 cm³/mol. The summed E-state index contributed by atoms with van der Waals surface area (Å²) in [6, 6.07) is 8.39. The lowest BCUT2D eigenvalue weighted by Gasteiger charge is -2.27. The first-order valence-corrected chi connectivity index (χ1v) is 12.0. The second-order valence-electron chi connectivity index (χ2n) is 8.18. The SMILES string of the molecule is CCN(CC)CCN1C(=O)C(=O)/C(=C(\O)c2cccc(OC(C)C)c2)C1c1sccc1C. The molecular formula is C25H32N2O4S. The van der Waals surface area contributed by atoms with E-state index in [0.29, 0.717) is 24.4 Å². The quantitative estimate of drug-likeness (QED) is 0.339. The van der Waals surface area contributed by atoms with E-state index in [2.05, 4.69) is 18.7 Å². The molecule has 1 aromatic heterocycles. The number of rotatable bonds is 9. The van der Waals surface area contributed by atoms with Gasteiger partial charge in [0.05, 0.1) is 17.7 Å². The van der Waals surface area contributed by atoms with Crippen LogP contribution in [0.5, 0.6) is 5.75 Å². The summed E-state index contributed by atoms with van der Waals surface area (Å²) in [4.78, 5) is 30.9. The molecule has 1 saturated heterocycles. The molecule has 0 spiro atoms. The van der Waals surface area contributed by atoms with Gasteiger partial charge in [-0.25, -0.2) is 0 Å². The zero-order valence-corrected chi connectivity index (χ0v) is 20.2. The Morgan fingerprint density at radius 3 is 2.53 bits per heavy atom. The summed E-state index contributed by atoms with van der Waals surface area (Å²) in [5, 5.41) is 13.2. The summed E-state index contributed by atoms with van der Waals surface area (Å²) in [5.41, 5.74) is 1.60. The van der Waals surface area contributed by atoms with E-state index < -0.39 is 17.7 Å². The summed E-state index contributed by atoms with van der Waals surface area (Å²) in [6.07, 6.45) is -0.0215. The number of aryl methyl sites for hydroxylation is 1. The maximum absolute atomic E-state index is 13.1. The van der Waals surface area contributed by atoms with Crippen molar-refractivity contribution < 1.29 is 19.4 Å². The number of ether oxygens (including phenoxy) is 1. The number of carbonyl (C=O) groups is 2. The average Bonchev–Trinajstić information content (AvgIpc) is 3.29. The summed E-state index contributed by atoms with van der Waals surface area (Å²) in [7, 11) is 0. The average molecular weight is 457 g/mol. The number of nitrogens with zero attached hydrogens (tertiary/aromatic N) is 2. The Bertz CT molecular complexity index is 1010. The molecule has 1 fully saturated rings. The van der Waals surface area contributed by atoms with E-state index in [1.54, 1.807) is 29.2 Å². The van der Waals surface area contributed by atoms with Gasteiger partial charge in [0, 0.05) is 23.5 Å². The second-order valence-corrected chi connectivity index (χ2v) is 9.13. The Morgan fingerprint density at radius 1 is 1.22 bits per heavy atom. The number of benzene rings is 1. The van der Waals surface area contributed by atoms with Gasteiger partial charge in [-0.2, -0.15) is 0 Å². The third-order valence-corrected chi connectivity index (χ3v) is 6.79. The van der Waals surface area contributed by atoms with Crippen molar-refractivity contribution in [2.45, 2.75) is 46.8 Å². The molecule has 6 nitrogen and oxygen atoms in total. The van der Waals surface area contributed by atoms with E-state index in [0.717, 1.165) is 23.5 Å². The van der Waals surface area contributed by atoms with Gasteiger partial charge >= 0.3 is 0 Å². The Hall–Kier alpha value is -2.64. The molecule has 1 aliphatic heterocycles. The van der Waals surface area contributed by atoms with Gasteiger partial charge in [0.2, 0.25) is 0 Å². The smallest absolute Gasteiger partial charge is 0.295 e. The lowest BCUT2D eigenvalue weighted by Crippen LogP contribution is -2.37. The standard InChI is InChI=1S/C25H32N2O4S/c1-6-26(7-2)12-13-27-21(24-17(5)11-14-32-24)20(23(29)25(27)30)22(28)18-9-8-10-19(15-18)31-16(3)4/h8-11,14-16,21,28H,6-7,12-13H2,1-5H3/b22-20-. The van der Waals surface area contributed by atoms with Crippen LogP contribution in [0.25, 0.3) is 5.76 Å². The Kier molecular flexibility index (Phi) is 7.74. The van der Waals surface area contributed by atoms with Crippen molar-refractivity contribution in [3.63, 3.8) is 0 Å². The molecule has 7 heteroatoms. The number of likely N-dealkylation sites (N-methyl/N-ethyl adjacent to an activating group) is 1. The van der Waals surface area contributed by atoms with Gasteiger partial charge in [0.15, 0.2) is 0 Å². The minimum atomic E-state index is -0.643. The minimum Gasteiger partial charge on any atom is -0.507 e. The molecule has 0 bridgehead atoms. The van der Waals surface area contributed by atoms with Gasteiger partial charge in [0.1, 0.15) is 11.5 Å². The van der Waals surface area contributed by atoms with Crippen LogP contribution in [0.4, 0.5) is 0 Å². The van der Waals surface area contributed by atoms with E-state index in [9.17, 15) is 14.7 Å². The molecule has 172 valence electrons. The number of aliphatic hydroxyl groups is 1. The molecule has 2 aromatic rings. The van der Waals surface area contributed by atoms with Gasteiger partial charge in [0.25, 0.3) is 11.7 Å². The first-order chi connectivity index (χ1) is 15.3. The summed E-state index contributed by atoms with van der Waals surface area (Å²) in [5.74, 6) is -0.773. The van der Waals surface area contributed by atoms with Crippen LogP contribution >= 0.6 is 11.3 Å². The Balaban J connectivity index is 2.07. The van der Waals surface area contributed by atoms with Crippen molar-refractivity contribution in [1.82, 2.24) is 9.80 Å². The fraction of sp³-hybridized carbons (Fsp3) is 0.440. The monoisotopic (exact) mass is 456 g/mol. The molecule has 1 unspecified atom stereocenters.